The molecule has 0 fully saturated rings. The number of carbonyl (C=O) groups excluding carboxylic acids is 1. The Hall–Kier alpha value is 0.847. The van der Waals surface area contributed by atoms with Crippen molar-refractivity contribution in [3.8, 4) is 0 Å². The zero-order valence-corrected chi connectivity index (χ0v) is 10.5. The topological polar surface area (TPSA) is 20.3 Å². The van der Waals surface area contributed by atoms with Crippen molar-refractivity contribution < 1.29 is 46.9 Å². The van der Waals surface area contributed by atoms with Crippen LogP contribution in [0.25, 0.3) is 0 Å². The fraction of sp³-hybridized carbons (Fsp3) is 0.250. The third-order valence-corrected chi connectivity index (χ3v) is 0.445. The second kappa shape index (κ2) is 7.85. The first kappa shape index (κ1) is 15.9. The van der Waals surface area contributed by atoms with Crippen molar-refractivity contribution in [3.63, 3.8) is 0 Å². The largest absolute Gasteiger partial charge is 2.00 e. The van der Waals surface area contributed by atoms with Gasteiger partial charge in [-0.15, -0.1) is 0 Å². The average molecular weight is 453 g/mol. The molecule has 0 heterocycles. The summed E-state index contributed by atoms with van der Waals surface area (Å²) in [6.45, 7) is 1.40. The Morgan fingerprint density at radius 3 is 1.62 bits per heavy atom. The maximum Gasteiger partial charge on any atom is 2.00 e. The van der Waals surface area contributed by atoms with Gasteiger partial charge < -0.3 is 4.90 Å². The van der Waals surface area contributed by atoms with Gasteiger partial charge in [-0.3, -0.25) is 18.9 Å². The van der Waals surface area contributed by atoms with E-state index in [1.165, 1.54) is 6.92 Å². The molecule has 0 rings (SSSR count). The fourth-order valence-electron chi connectivity index (χ4n) is 0. The van der Waals surface area contributed by atoms with Crippen molar-refractivity contribution in [2.75, 3.05) is 0 Å². The summed E-state index contributed by atoms with van der Waals surface area (Å²) in [7, 11) is 6.42. The van der Waals surface area contributed by atoms with Crippen LogP contribution in [-0.4, -0.2) is 10.8 Å². The summed E-state index contributed by atoms with van der Waals surface area (Å²) in [5.41, 5.74) is 0. The van der Waals surface area contributed by atoms with Crippen LogP contribution < -0.4 is 0 Å². The number of nitrogens with zero attached hydrogens (tertiary/aromatic N) is 1. The van der Waals surface area contributed by atoms with Crippen molar-refractivity contribution in [1.82, 2.24) is 4.90 Å². The Morgan fingerprint density at radius 2 is 1.62 bits per heavy atom. The molecule has 0 unspecified atom stereocenters. The molecule has 0 spiro atoms. The van der Waals surface area contributed by atoms with Crippen molar-refractivity contribution in [3.05, 3.63) is 14.1 Å². The minimum atomic E-state index is -0.130. The van der Waals surface area contributed by atoms with Crippen LogP contribution in [0.4, 0.5) is 0 Å². The van der Waals surface area contributed by atoms with Gasteiger partial charge >= 0.3 is 21.1 Å². The van der Waals surface area contributed by atoms with E-state index in [1.807, 2.05) is 0 Å². The monoisotopic (exact) mass is 453 g/mol. The predicted octanol–water partition coefficient (Wildman–Crippen LogP) is 0.413. The second-order valence-corrected chi connectivity index (χ2v) is 1.06. The summed E-state index contributed by atoms with van der Waals surface area (Å²) >= 11 is 0. The van der Waals surface area contributed by atoms with E-state index in [4.69, 9.17) is 0 Å². The Bertz CT molecular complexity index is 65.1. The first-order valence-electron chi connectivity index (χ1n) is 1.56. The SMILES string of the molecule is [CH2-]N([CH2-])C(C)=O.[W+2].[W]. The fourth-order valence-corrected chi connectivity index (χ4v) is 0. The number of amides is 1. The van der Waals surface area contributed by atoms with E-state index in [2.05, 4.69) is 14.1 Å². The molecule has 0 aliphatic carbocycles. The third-order valence-electron chi connectivity index (χ3n) is 0.445. The zero-order valence-electron chi connectivity index (χ0n) is 4.59. The first-order chi connectivity index (χ1) is 2.64. The van der Waals surface area contributed by atoms with Crippen LogP contribution in [0.15, 0.2) is 0 Å². The Kier molecular flexibility index (Phi) is 15.6. The molecule has 0 aromatic carbocycles. The molecule has 0 atom stereocenters. The van der Waals surface area contributed by atoms with Gasteiger partial charge in [-0.05, 0) is 0 Å². The molecular weight excluding hydrogens is 446 g/mol. The van der Waals surface area contributed by atoms with Crippen molar-refractivity contribution in [1.29, 1.82) is 0 Å². The standard InChI is InChI=1S/C4H7NO.2W/c1-4(6)5(2)3;;/h2-3H2,1H3;;/q-2;;+2. The molecule has 0 aromatic heterocycles. The molecule has 0 aliphatic rings. The minimum Gasteiger partial charge on any atom is -0.642 e. The van der Waals surface area contributed by atoms with Crippen LogP contribution in [-0.2, 0) is 46.9 Å². The zero-order chi connectivity index (χ0) is 5.15. The molecule has 0 aromatic rings. The molecule has 0 bridgehead atoms. The van der Waals surface area contributed by atoms with Crippen LogP contribution in [0.2, 0.25) is 0 Å². The van der Waals surface area contributed by atoms with Gasteiger partial charge in [0, 0.05) is 28.0 Å². The van der Waals surface area contributed by atoms with Crippen molar-refractivity contribution in [2.45, 2.75) is 6.92 Å². The number of hydrogen-bond acceptors (Lipinski definition) is 1. The van der Waals surface area contributed by atoms with Gasteiger partial charge in [-0.1, -0.05) is 0 Å². The molecule has 0 saturated carbocycles. The van der Waals surface area contributed by atoms with Crippen molar-refractivity contribution >= 4 is 5.91 Å². The van der Waals surface area contributed by atoms with Crippen molar-refractivity contribution in [2.24, 2.45) is 0 Å². The van der Waals surface area contributed by atoms with E-state index < -0.39 is 0 Å². The average Bonchev–Trinajstić information content (AvgIpc) is 1.36. The molecule has 46 valence electrons. The van der Waals surface area contributed by atoms with Crippen LogP contribution in [0.1, 0.15) is 6.92 Å². The molecular formula is C4H7NOW2. The number of carbonyl (C=O) groups is 1. The maximum absolute atomic E-state index is 9.94. The van der Waals surface area contributed by atoms with E-state index in [1.54, 1.807) is 0 Å². The summed E-state index contributed by atoms with van der Waals surface area (Å²) in [5.74, 6) is -0.130. The van der Waals surface area contributed by atoms with E-state index in [-0.39, 0.29) is 48.0 Å². The predicted molar refractivity (Wildman–Crippen MR) is 23.2 cm³/mol. The Balaban J connectivity index is -0.000000125. The van der Waals surface area contributed by atoms with Gasteiger partial charge in [0.05, 0.1) is 0 Å². The van der Waals surface area contributed by atoms with Gasteiger partial charge in [0.1, 0.15) is 0 Å². The first-order valence-corrected chi connectivity index (χ1v) is 1.56. The van der Waals surface area contributed by atoms with Gasteiger partial charge in [-0.25, -0.2) is 0 Å². The van der Waals surface area contributed by atoms with Gasteiger partial charge in [0.25, 0.3) is 0 Å². The quantitative estimate of drug-likeness (QED) is 0.488. The normalized spacial score (nSPS) is 5.88. The molecule has 0 N–H and O–H groups in total. The Labute approximate surface area is 78.5 Å². The van der Waals surface area contributed by atoms with Crippen LogP contribution in [0, 0.1) is 14.1 Å². The second-order valence-electron chi connectivity index (χ2n) is 1.06. The smallest absolute Gasteiger partial charge is 0.642 e. The van der Waals surface area contributed by atoms with E-state index in [0.717, 1.165) is 4.90 Å². The molecule has 2 nitrogen and oxygen atoms in total. The van der Waals surface area contributed by atoms with Crippen LogP contribution in [0.5, 0.6) is 0 Å². The molecule has 0 saturated heterocycles. The summed E-state index contributed by atoms with van der Waals surface area (Å²) in [6, 6.07) is 0. The van der Waals surface area contributed by atoms with Gasteiger partial charge in [0.15, 0.2) is 5.91 Å². The maximum atomic E-state index is 9.94. The van der Waals surface area contributed by atoms with Crippen LogP contribution >= 0.6 is 0 Å². The van der Waals surface area contributed by atoms with E-state index >= 15 is 0 Å². The summed E-state index contributed by atoms with van der Waals surface area (Å²) in [5, 5.41) is 0. The number of hydrogen-bond donors (Lipinski definition) is 0. The Morgan fingerprint density at radius 1 is 1.50 bits per heavy atom. The molecule has 1 amide bonds. The molecule has 0 radical (unpaired) electrons. The third kappa shape index (κ3) is 9.96. The minimum absolute atomic E-state index is 0. The summed E-state index contributed by atoms with van der Waals surface area (Å²) in [6.07, 6.45) is 0. The summed E-state index contributed by atoms with van der Waals surface area (Å²) < 4.78 is 0. The number of rotatable bonds is 0. The summed E-state index contributed by atoms with van der Waals surface area (Å²) in [4.78, 5) is 11.0. The molecule has 4 heteroatoms. The van der Waals surface area contributed by atoms with E-state index in [0.29, 0.717) is 0 Å². The molecule has 0 aliphatic heterocycles. The van der Waals surface area contributed by atoms with E-state index in [9.17, 15) is 4.79 Å². The van der Waals surface area contributed by atoms with Gasteiger partial charge in [0.2, 0.25) is 0 Å². The van der Waals surface area contributed by atoms with Crippen LogP contribution in [0.3, 0.4) is 0 Å². The molecule has 8 heavy (non-hydrogen) atoms. The van der Waals surface area contributed by atoms with Gasteiger partial charge in [-0.2, -0.15) is 0 Å².